The van der Waals surface area contributed by atoms with Crippen LogP contribution in [-0.4, -0.2) is 0 Å². The number of halogens is 2. The summed E-state index contributed by atoms with van der Waals surface area (Å²) in [6.07, 6.45) is 0. The zero-order valence-electron chi connectivity index (χ0n) is 9.15. The number of anilines is 1. The molecule has 0 aliphatic carbocycles. The van der Waals surface area contributed by atoms with E-state index in [9.17, 15) is 4.39 Å². The topological polar surface area (TPSA) is 59.0 Å². The molecule has 0 aromatic heterocycles. The molecule has 0 spiro atoms. The van der Waals surface area contributed by atoms with Crippen molar-refractivity contribution in [2.24, 2.45) is 0 Å². The molecule has 0 heterocycles. The number of nitrogens with zero attached hydrogens (tertiary/aromatic N) is 1. The Morgan fingerprint density at radius 3 is 2.67 bits per heavy atom. The second-order valence-corrected chi connectivity index (χ2v) is 3.92. The van der Waals surface area contributed by atoms with Crippen LogP contribution >= 0.6 is 11.6 Å². The van der Waals surface area contributed by atoms with E-state index in [0.717, 1.165) is 6.07 Å². The van der Waals surface area contributed by atoms with Gasteiger partial charge < -0.3 is 10.5 Å². The molecule has 90 valence electrons. The van der Waals surface area contributed by atoms with E-state index in [1.54, 1.807) is 24.3 Å². The smallest absolute Gasteiger partial charge is 0.153 e. The van der Waals surface area contributed by atoms with Gasteiger partial charge in [-0.05, 0) is 18.2 Å². The molecule has 0 radical (unpaired) electrons. The molecule has 5 heteroatoms. The summed E-state index contributed by atoms with van der Waals surface area (Å²) in [6, 6.07) is 10.9. The highest BCUT2D eigenvalue weighted by molar-refractivity contribution is 6.31. The molecule has 2 N–H and O–H groups in total. The minimum atomic E-state index is -0.629. The van der Waals surface area contributed by atoms with Gasteiger partial charge in [-0.1, -0.05) is 23.7 Å². The van der Waals surface area contributed by atoms with Crippen LogP contribution in [0.1, 0.15) is 5.56 Å². The highest BCUT2D eigenvalue weighted by atomic mass is 35.5. The number of para-hydroxylation sites is 1. The summed E-state index contributed by atoms with van der Waals surface area (Å²) in [5.41, 5.74) is 6.21. The Hall–Kier alpha value is -2.25. The summed E-state index contributed by atoms with van der Waals surface area (Å²) >= 11 is 5.58. The molecule has 0 fully saturated rings. The molecule has 0 aliphatic heterocycles. The summed E-state index contributed by atoms with van der Waals surface area (Å²) < 4.78 is 18.7. The third-order valence-corrected chi connectivity index (χ3v) is 2.57. The van der Waals surface area contributed by atoms with Crippen LogP contribution in [-0.2, 0) is 0 Å². The van der Waals surface area contributed by atoms with E-state index in [0.29, 0.717) is 11.3 Å². The van der Waals surface area contributed by atoms with Crippen LogP contribution in [0.25, 0.3) is 0 Å². The van der Waals surface area contributed by atoms with Crippen molar-refractivity contribution >= 4 is 17.3 Å². The van der Waals surface area contributed by atoms with Gasteiger partial charge in [0.2, 0.25) is 0 Å². The van der Waals surface area contributed by atoms with Gasteiger partial charge in [0.1, 0.15) is 17.6 Å². The highest BCUT2D eigenvalue weighted by Gasteiger charge is 2.10. The van der Waals surface area contributed by atoms with Gasteiger partial charge in [0, 0.05) is 6.07 Å². The van der Waals surface area contributed by atoms with E-state index in [1.165, 1.54) is 6.07 Å². The number of hydrogen-bond donors (Lipinski definition) is 1. The zero-order valence-corrected chi connectivity index (χ0v) is 9.91. The summed E-state index contributed by atoms with van der Waals surface area (Å²) in [5.74, 6) is -0.191. The van der Waals surface area contributed by atoms with Gasteiger partial charge in [0.15, 0.2) is 5.75 Å². The molecule has 0 unspecified atom stereocenters. The molecular weight excluding hydrogens is 255 g/mol. The molecule has 0 aliphatic rings. The molecule has 0 bridgehead atoms. The van der Waals surface area contributed by atoms with Gasteiger partial charge in [-0.3, -0.25) is 0 Å². The van der Waals surface area contributed by atoms with Crippen LogP contribution in [0, 0.1) is 17.1 Å². The van der Waals surface area contributed by atoms with E-state index in [-0.39, 0.29) is 16.5 Å². The third-order valence-electron chi connectivity index (χ3n) is 2.28. The predicted octanol–water partition coefficient (Wildman–Crippen LogP) is 3.73. The number of hydrogen-bond acceptors (Lipinski definition) is 3. The van der Waals surface area contributed by atoms with Crippen LogP contribution in [0.2, 0.25) is 5.02 Å². The highest BCUT2D eigenvalue weighted by Crippen LogP contribution is 2.32. The first-order valence-corrected chi connectivity index (χ1v) is 5.41. The SMILES string of the molecule is N#Cc1ccccc1Oc1cc(F)c(Cl)cc1N. The molecule has 2 aromatic carbocycles. The summed E-state index contributed by atoms with van der Waals surface area (Å²) in [5, 5.41) is 8.83. The standard InChI is InChI=1S/C13H8ClFN2O/c14-9-5-11(17)13(6-10(9)15)18-12-4-2-1-3-8(12)7-16/h1-6H,17H2. The van der Waals surface area contributed by atoms with Gasteiger partial charge in [0.05, 0.1) is 16.3 Å². The lowest BCUT2D eigenvalue weighted by molar-refractivity contribution is 0.478. The average Bonchev–Trinajstić information content (AvgIpc) is 2.36. The van der Waals surface area contributed by atoms with Gasteiger partial charge in [-0.25, -0.2) is 4.39 Å². The van der Waals surface area contributed by atoms with E-state index in [2.05, 4.69) is 0 Å². The lowest BCUT2D eigenvalue weighted by Gasteiger charge is -2.10. The van der Waals surface area contributed by atoms with Crippen LogP contribution in [0.5, 0.6) is 11.5 Å². The van der Waals surface area contributed by atoms with Crippen LogP contribution < -0.4 is 10.5 Å². The lowest BCUT2D eigenvalue weighted by atomic mass is 10.2. The van der Waals surface area contributed by atoms with Crippen molar-refractivity contribution in [1.29, 1.82) is 5.26 Å². The van der Waals surface area contributed by atoms with Crippen molar-refractivity contribution in [3.8, 4) is 17.6 Å². The minimum Gasteiger partial charge on any atom is -0.454 e. The van der Waals surface area contributed by atoms with E-state index < -0.39 is 5.82 Å². The minimum absolute atomic E-state index is 0.0755. The predicted molar refractivity (Wildman–Crippen MR) is 67.1 cm³/mol. The van der Waals surface area contributed by atoms with Gasteiger partial charge >= 0.3 is 0 Å². The number of nitrogens with two attached hydrogens (primary N) is 1. The second-order valence-electron chi connectivity index (χ2n) is 3.51. The van der Waals surface area contributed by atoms with Crippen molar-refractivity contribution in [2.45, 2.75) is 0 Å². The number of nitrogen functional groups attached to an aromatic ring is 1. The molecule has 0 amide bonds. The van der Waals surface area contributed by atoms with Crippen molar-refractivity contribution in [3.05, 3.63) is 52.8 Å². The molecule has 0 atom stereocenters. The molecule has 2 rings (SSSR count). The molecule has 2 aromatic rings. The summed E-state index contributed by atoms with van der Waals surface area (Å²) in [4.78, 5) is 0. The fraction of sp³-hybridized carbons (Fsp3) is 0. The van der Waals surface area contributed by atoms with E-state index in [4.69, 9.17) is 27.3 Å². The average molecular weight is 263 g/mol. The van der Waals surface area contributed by atoms with Crippen molar-refractivity contribution < 1.29 is 9.13 Å². The Labute approximate surface area is 108 Å². The number of ether oxygens (including phenoxy) is 1. The monoisotopic (exact) mass is 262 g/mol. The maximum atomic E-state index is 13.3. The lowest BCUT2D eigenvalue weighted by Crippen LogP contribution is -1.95. The Bertz CT molecular complexity index is 637. The van der Waals surface area contributed by atoms with Gasteiger partial charge in [-0.2, -0.15) is 5.26 Å². The number of nitriles is 1. The van der Waals surface area contributed by atoms with Crippen LogP contribution in [0.4, 0.5) is 10.1 Å². The molecule has 18 heavy (non-hydrogen) atoms. The summed E-state index contributed by atoms with van der Waals surface area (Å²) in [7, 11) is 0. The maximum absolute atomic E-state index is 13.3. The maximum Gasteiger partial charge on any atom is 0.153 e. The van der Waals surface area contributed by atoms with Gasteiger partial charge in [-0.15, -0.1) is 0 Å². The molecule has 0 saturated carbocycles. The second kappa shape index (κ2) is 4.94. The van der Waals surface area contributed by atoms with E-state index in [1.807, 2.05) is 6.07 Å². The van der Waals surface area contributed by atoms with Crippen LogP contribution in [0.15, 0.2) is 36.4 Å². The Kier molecular flexibility index (Phi) is 3.35. The fourth-order valence-electron chi connectivity index (χ4n) is 1.40. The first kappa shape index (κ1) is 12.2. The quantitative estimate of drug-likeness (QED) is 0.839. The third kappa shape index (κ3) is 2.36. The van der Waals surface area contributed by atoms with E-state index >= 15 is 0 Å². The Morgan fingerprint density at radius 2 is 1.94 bits per heavy atom. The Balaban J connectivity index is 2.41. The normalized spacial score (nSPS) is 9.83. The van der Waals surface area contributed by atoms with Crippen LogP contribution in [0.3, 0.4) is 0 Å². The fourth-order valence-corrected chi connectivity index (χ4v) is 1.57. The van der Waals surface area contributed by atoms with Gasteiger partial charge in [0.25, 0.3) is 0 Å². The van der Waals surface area contributed by atoms with Crippen molar-refractivity contribution in [3.63, 3.8) is 0 Å². The first-order chi connectivity index (χ1) is 8.61. The molecule has 3 nitrogen and oxygen atoms in total. The molecule has 0 saturated heterocycles. The first-order valence-electron chi connectivity index (χ1n) is 5.03. The Morgan fingerprint density at radius 1 is 1.22 bits per heavy atom. The number of rotatable bonds is 2. The summed E-state index contributed by atoms with van der Waals surface area (Å²) in [6.45, 7) is 0. The number of benzene rings is 2. The van der Waals surface area contributed by atoms with Crippen molar-refractivity contribution in [1.82, 2.24) is 0 Å². The van der Waals surface area contributed by atoms with Crippen molar-refractivity contribution in [2.75, 3.05) is 5.73 Å². The molecular formula is C13H8ClFN2O. The zero-order chi connectivity index (χ0) is 13.1. The largest absolute Gasteiger partial charge is 0.454 e.